The summed E-state index contributed by atoms with van der Waals surface area (Å²) >= 11 is 0. The molecule has 1 aromatic carbocycles. The Morgan fingerprint density at radius 3 is 2.55 bits per heavy atom. The molecule has 0 radical (unpaired) electrons. The third kappa shape index (κ3) is 4.23. The Hall–Kier alpha value is -1.56. The van der Waals surface area contributed by atoms with Gasteiger partial charge in [-0.25, -0.2) is 8.42 Å². The van der Waals surface area contributed by atoms with E-state index < -0.39 is 10.0 Å². The number of hydrogen-bond donors (Lipinski definition) is 1. The number of amides is 1. The molecule has 5 nitrogen and oxygen atoms in total. The molecule has 0 unspecified atom stereocenters. The van der Waals surface area contributed by atoms with E-state index in [2.05, 4.69) is 12.2 Å². The average Bonchev–Trinajstić information content (AvgIpc) is 2.37. The summed E-state index contributed by atoms with van der Waals surface area (Å²) in [6.07, 6.45) is 3.07. The van der Waals surface area contributed by atoms with Crippen molar-refractivity contribution in [3.63, 3.8) is 0 Å². The maximum atomic E-state index is 12.0. The number of aryl methyl sites for hydroxylation is 1. The summed E-state index contributed by atoms with van der Waals surface area (Å²) in [5, 5.41) is 2.82. The molecule has 0 aliphatic heterocycles. The molecule has 1 amide bonds. The lowest BCUT2D eigenvalue weighted by Gasteiger charge is -2.19. The van der Waals surface area contributed by atoms with Crippen LogP contribution >= 0.6 is 0 Å². The van der Waals surface area contributed by atoms with E-state index in [-0.39, 0.29) is 5.91 Å². The van der Waals surface area contributed by atoms with Gasteiger partial charge in [0.05, 0.1) is 11.9 Å². The van der Waals surface area contributed by atoms with E-state index in [9.17, 15) is 13.2 Å². The predicted octanol–water partition coefficient (Wildman–Crippen LogP) is 1.92. The van der Waals surface area contributed by atoms with Crippen LogP contribution in [0.15, 0.2) is 18.2 Å². The monoisotopic (exact) mass is 298 g/mol. The summed E-state index contributed by atoms with van der Waals surface area (Å²) in [5.41, 5.74) is 1.80. The highest BCUT2D eigenvalue weighted by molar-refractivity contribution is 7.92. The second kappa shape index (κ2) is 6.74. The van der Waals surface area contributed by atoms with Gasteiger partial charge in [-0.1, -0.05) is 19.4 Å². The van der Waals surface area contributed by atoms with Gasteiger partial charge in [0.25, 0.3) is 5.91 Å². The van der Waals surface area contributed by atoms with Crippen molar-refractivity contribution in [2.45, 2.75) is 26.7 Å². The van der Waals surface area contributed by atoms with Crippen molar-refractivity contribution in [2.75, 3.05) is 24.2 Å². The van der Waals surface area contributed by atoms with Crippen LogP contribution in [0.2, 0.25) is 0 Å². The average molecular weight is 298 g/mol. The Balaban J connectivity index is 3.00. The smallest absolute Gasteiger partial charge is 0.251 e. The molecule has 0 saturated heterocycles. The highest BCUT2D eigenvalue weighted by Crippen LogP contribution is 2.22. The standard InChI is InChI=1S/C14H22N2O3S/c1-5-6-9-15-14(17)12-8-7-11(2)13(10-12)16(3)20(4,18)19/h7-8,10H,5-6,9H2,1-4H3,(H,15,17). The normalized spacial score (nSPS) is 11.2. The Morgan fingerprint density at radius 1 is 1.35 bits per heavy atom. The van der Waals surface area contributed by atoms with E-state index in [0.717, 1.165) is 24.7 Å². The number of nitrogens with zero attached hydrogens (tertiary/aromatic N) is 1. The SMILES string of the molecule is CCCCNC(=O)c1ccc(C)c(N(C)S(C)(=O)=O)c1. The minimum absolute atomic E-state index is 0.179. The molecule has 0 fully saturated rings. The van der Waals surface area contributed by atoms with Crippen LogP contribution in [0.5, 0.6) is 0 Å². The lowest BCUT2D eigenvalue weighted by Crippen LogP contribution is -2.27. The molecule has 0 saturated carbocycles. The largest absolute Gasteiger partial charge is 0.352 e. The Labute approximate surface area is 121 Å². The van der Waals surface area contributed by atoms with E-state index in [1.165, 1.54) is 11.4 Å². The number of benzene rings is 1. The number of hydrogen-bond acceptors (Lipinski definition) is 3. The molecule has 112 valence electrons. The second-order valence-electron chi connectivity index (χ2n) is 4.84. The van der Waals surface area contributed by atoms with Crippen LogP contribution in [0.1, 0.15) is 35.7 Å². The lowest BCUT2D eigenvalue weighted by molar-refractivity contribution is 0.0953. The Morgan fingerprint density at radius 2 is 2.00 bits per heavy atom. The van der Waals surface area contributed by atoms with E-state index in [1.54, 1.807) is 18.2 Å². The molecule has 0 aliphatic carbocycles. The van der Waals surface area contributed by atoms with E-state index >= 15 is 0 Å². The zero-order valence-electron chi connectivity index (χ0n) is 12.4. The molecule has 1 N–H and O–H groups in total. The van der Waals surface area contributed by atoms with Gasteiger partial charge in [0.1, 0.15) is 0 Å². The van der Waals surface area contributed by atoms with Gasteiger partial charge in [-0.3, -0.25) is 9.10 Å². The van der Waals surface area contributed by atoms with Crippen molar-refractivity contribution in [1.82, 2.24) is 5.32 Å². The minimum Gasteiger partial charge on any atom is -0.352 e. The summed E-state index contributed by atoms with van der Waals surface area (Å²) < 4.78 is 24.4. The van der Waals surface area contributed by atoms with Gasteiger partial charge >= 0.3 is 0 Å². The Bertz CT molecular complexity index is 582. The second-order valence-corrected chi connectivity index (χ2v) is 6.85. The van der Waals surface area contributed by atoms with Crippen molar-refractivity contribution < 1.29 is 13.2 Å². The molecule has 0 aromatic heterocycles. The van der Waals surface area contributed by atoms with E-state index in [4.69, 9.17) is 0 Å². The van der Waals surface area contributed by atoms with Crippen molar-refractivity contribution >= 4 is 21.6 Å². The van der Waals surface area contributed by atoms with Gasteiger partial charge in [-0.05, 0) is 31.0 Å². The molecule has 0 heterocycles. The molecule has 20 heavy (non-hydrogen) atoms. The first-order chi connectivity index (χ1) is 9.27. The molecule has 6 heteroatoms. The van der Waals surface area contributed by atoms with Gasteiger partial charge in [0, 0.05) is 19.2 Å². The fraction of sp³-hybridized carbons (Fsp3) is 0.500. The number of unbranched alkanes of at least 4 members (excludes halogenated alkanes) is 1. The van der Waals surface area contributed by atoms with Crippen molar-refractivity contribution in [2.24, 2.45) is 0 Å². The van der Waals surface area contributed by atoms with Crippen LogP contribution in [0.3, 0.4) is 0 Å². The van der Waals surface area contributed by atoms with Gasteiger partial charge in [-0.2, -0.15) is 0 Å². The number of sulfonamides is 1. The number of anilines is 1. The van der Waals surface area contributed by atoms with Crippen LogP contribution in [-0.4, -0.2) is 34.2 Å². The number of carbonyl (C=O) groups is 1. The topological polar surface area (TPSA) is 66.5 Å². The molecular formula is C14H22N2O3S. The molecule has 1 rings (SSSR count). The quantitative estimate of drug-likeness (QED) is 0.816. The minimum atomic E-state index is -3.34. The highest BCUT2D eigenvalue weighted by atomic mass is 32.2. The van der Waals surface area contributed by atoms with Gasteiger partial charge in [0.15, 0.2) is 0 Å². The van der Waals surface area contributed by atoms with Gasteiger partial charge in [-0.15, -0.1) is 0 Å². The van der Waals surface area contributed by atoms with Crippen LogP contribution in [0.25, 0.3) is 0 Å². The van der Waals surface area contributed by atoms with Gasteiger partial charge < -0.3 is 5.32 Å². The summed E-state index contributed by atoms with van der Waals surface area (Å²) in [4.78, 5) is 12.0. The summed E-state index contributed by atoms with van der Waals surface area (Å²) in [5.74, 6) is -0.179. The number of rotatable bonds is 6. The molecule has 0 spiro atoms. The van der Waals surface area contributed by atoms with Crippen molar-refractivity contribution in [1.29, 1.82) is 0 Å². The lowest BCUT2D eigenvalue weighted by atomic mass is 10.1. The first-order valence-corrected chi connectivity index (χ1v) is 8.45. The zero-order chi connectivity index (χ0) is 15.3. The first-order valence-electron chi connectivity index (χ1n) is 6.60. The van der Waals surface area contributed by atoms with E-state index in [0.29, 0.717) is 17.8 Å². The summed E-state index contributed by atoms with van der Waals surface area (Å²) in [6, 6.07) is 5.07. The van der Waals surface area contributed by atoms with Crippen molar-refractivity contribution in [3.05, 3.63) is 29.3 Å². The van der Waals surface area contributed by atoms with Gasteiger partial charge in [0.2, 0.25) is 10.0 Å². The maximum Gasteiger partial charge on any atom is 0.251 e. The summed E-state index contributed by atoms with van der Waals surface area (Å²) in [6.45, 7) is 4.49. The Kier molecular flexibility index (Phi) is 5.56. The first kappa shape index (κ1) is 16.5. The molecule has 1 aromatic rings. The maximum absolute atomic E-state index is 12.0. The molecule has 0 aliphatic rings. The van der Waals surface area contributed by atoms with Crippen LogP contribution < -0.4 is 9.62 Å². The fourth-order valence-electron chi connectivity index (χ4n) is 1.75. The fourth-order valence-corrected chi connectivity index (χ4v) is 2.30. The van der Waals surface area contributed by atoms with Crippen molar-refractivity contribution in [3.8, 4) is 0 Å². The molecule has 0 bridgehead atoms. The van der Waals surface area contributed by atoms with Crippen LogP contribution in [0.4, 0.5) is 5.69 Å². The van der Waals surface area contributed by atoms with E-state index in [1.807, 2.05) is 6.92 Å². The highest BCUT2D eigenvalue weighted by Gasteiger charge is 2.16. The molecular weight excluding hydrogens is 276 g/mol. The number of carbonyl (C=O) groups excluding carboxylic acids is 1. The molecule has 0 atom stereocenters. The third-order valence-corrected chi connectivity index (χ3v) is 4.32. The third-order valence-electron chi connectivity index (χ3n) is 3.12. The zero-order valence-corrected chi connectivity index (χ0v) is 13.3. The summed E-state index contributed by atoms with van der Waals surface area (Å²) in [7, 11) is -1.86. The van der Waals surface area contributed by atoms with Crippen LogP contribution in [-0.2, 0) is 10.0 Å². The van der Waals surface area contributed by atoms with Crippen LogP contribution in [0, 0.1) is 6.92 Å². The predicted molar refractivity (Wildman–Crippen MR) is 81.7 cm³/mol. The number of nitrogens with one attached hydrogen (secondary N) is 1.